The van der Waals surface area contributed by atoms with Gasteiger partial charge in [0.05, 0.1) is 10.6 Å². The Bertz CT molecular complexity index is 898. The number of fused-ring (bicyclic) bond motifs is 1. The molecule has 2 heterocycles. The van der Waals surface area contributed by atoms with E-state index in [-0.39, 0.29) is 11.8 Å². The molecule has 0 radical (unpaired) electrons. The van der Waals surface area contributed by atoms with Gasteiger partial charge in [-0.05, 0) is 42.0 Å². The van der Waals surface area contributed by atoms with Gasteiger partial charge in [0.25, 0.3) is 5.91 Å². The Morgan fingerprint density at radius 1 is 1.04 bits per heavy atom. The van der Waals surface area contributed by atoms with Crippen LogP contribution in [0.1, 0.15) is 41.3 Å². The Labute approximate surface area is 171 Å². The van der Waals surface area contributed by atoms with Crippen molar-refractivity contribution >= 4 is 23.4 Å². The van der Waals surface area contributed by atoms with E-state index in [4.69, 9.17) is 11.6 Å². The van der Waals surface area contributed by atoms with Gasteiger partial charge in [0, 0.05) is 26.1 Å². The van der Waals surface area contributed by atoms with E-state index >= 15 is 0 Å². The molecule has 0 saturated carbocycles. The van der Waals surface area contributed by atoms with Crippen LogP contribution >= 0.6 is 11.6 Å². The molecule has 2 aliphatic heterocycles. The quantitative estimate of drug-likeness (QED) is 0.764. The van der Waals surface area contributed by atoms with Gasteiger partial charge >= 0.3 is 0 Å². The summed E-state index contributed by atoms with van der Waals surface area (Å²) < 4.78 is 0. The number of benzene rings is 2. The lowest BCUT2D eigenvalue weighted by atomic mass is 9.91. The number of carbonyl (C=O) groups excluding carboxylic acids is 2. The normalized spacial score (nSPS) is 21.9. The lowest BCUT2D eigenvalue weighted by Gasteiger charge is -2.40. The second-order valence-electron chi connectivity index (χ2n) is 7.93. The Balaban J connectivity index is 1.68. The molecule has 28 heavy (non-hydrogen) atoms. The number of amides is 2. The highest BCUT2D eigenvalue weighted by Crippen LogP contribution is 2.29. The van der Waals surface area contributed by atoms with Crippen LogP contribution in [-0.2, 0) is 17.8 Å². The molecule has 5 heteroatoms. The predicted molar refractivity (Wildman–Crippen MR) is 110 cm³/mol. The monoisotopic (exact) mass is 396 g/mol. The van der Waals surface area contributed by atoms with Gasteiger partial charge in [0.2, 0.25) is 5.91 Å². The zero-order valence-electron chi connectivity index (χ0n) is 16.1. The molecule has 2 aliphatic rings. The van der Waals surface area contributed by atoms with E-state index in [0.29, 0.717) is 29.5 Å². The first kappa shape index (κ1) is 19.0. The predicted octanol–water partition coefficient (Wildman–Crippen LogP) is 4.17. The molecule has 2 atom stereocenters. The molecule has 4 rings (SSSR count). The van der Waals surface area contributed by atoms with Gasteiger partial charge in [-0.3, -0.25) is 9.59 Å². The summed E-state index contributed by atoms with van der Waals surface area (Å²) in [5, 5.41) is 0.421. The summed E-state index contributed by atoms with van der Waals surface area (Å²) in [6.45, 7) is 4.16. The van der Waals surface area contributed by atoms with Gasteiger partial charge in [-0.1, -0.05) is 54.9 Å². The maximum atomic E-state index is 13.4. The van der Waals surface area contributed by atoms with Crippen LogP contribution in [-0.4, -0.2) is 40.7 Å². The van der Waals surface area contributed by atoms with Crippen molar-refractivity contribution in [1.29, 1.82) is 0 Å². The number of piperidine rings is 1. The van der Waals surface area contributed by atoms with E-state index in [9.17, 15) is 9.59 Å². The fraction of sp³-hybridized carbons (Fsp3) is 0.391. The number of hydrogen-bond donors (Lipinski definition) is 0. The van der Waals surface area contributed by atoms with Crippen molar-refractivity contribution in [3.8, 4) is 0 Å². The van der Waals surface area contributed by atoms with Gasteiger partial charge in [-0.15, -0.1) is 0 Å². The van der Waals surface area contributed by atoms with Crippen molar-refractivity contribution in [2.45, 2.75) is 38.8 Å². The lowest BCUT2D eigenvalue weighted by Crippen LogP contribution is -2.55. The van der Waals surface area contributed by atoms with Gasteiger partial charge in [0.15, 0.2) is 0 Å². The van der Waals surface area contributed by atoms with E-state index in [1.54, 1.807) is 23.1 Å². The average Bonchev–Trinajstić information content (AvgIpc) is 2.72. The molecule has 0 aliphatic carbocycles. The summed E-state index contributed by atoms with van der Waals surface area (Å²) in [7, 11) is 0. The van der Waals surface area contributed by atoms with Crippen LogP contribution in [0.5, 0.6) is 0 Å². The van der Waals surface area contributed by atoms with Crippen LogP contribution in [0.15, 0.2) is 48.5 Å². The number of nitrogens with zero attached hydrogens (tertiary/aromatic N) is 2. The van der Waals surface area contributed by atoms with E-state index in [2.05, 4.69) is 13.0 Å². The van der Waals surface area contributed by atoms with Crippen molar-refractivity contribution in [1.82, 2.24) is 9.80 Å². The van der Waals surface area contributed by atoms with Crippen LogP contribution in [0, 0.1) is 5.92 Å². The van der Waals surface area contributed by atoms with E-state index in [1.165, 1.54) is 0 Å². The van der Waals surface area contributed by atoms with Crippen molar-refractivity contribution < 1.29 is 9.59 Å². The van der Waals surface area contributed by atoms with Crippen molar-refractivity contribution in [3.63, 3.8) is 0 Å². The molecule has 4 nitrogen and oxygen atoms in total. The number of hydrogen-bond acceptors (Lipinski definition) is 2. The smallest absolute Gasteiger partial charge is 0.256 e. The van der Waals surface area contributed by atoms with Gasteiger partial charge in [-0.25, -0.2) is 0 Å². The Morgan fingerprint density at radius 2 is 1.75 bits per heavy atom. The van der Waals surface area contributed by atoms with E-state index < -0.39 is 6.04 Å². The van der Waals surface area contributed by atoms with Crippen molar-refractivity contribution in [2.75, 3.05) is 13.1 Å². The number of rotatable bonds is 2. The summed E-state index contributed by atoms with van der Waals surface area (Å²) in [5.74, 6) is 0.381. The average molecular weight is 397 g/mol. The largest absolute Gasteiger partial charge is 0.341 e. The van der Waals surface area contributed by atoms with Crippen molar-refractivity contribution in [3.05, 3.63) is 70.2 Å². The second-order valence-corrected chi connectivity index (χ2v) is 8.34. The Kier molecular flexibility index (Phi) is 5.40. The molecule has 2 aromatic carbocycles. The summed E-state index contributed by atoms with van der Waals surface area (Å²) in [6.07, 6.45) is 2.73. The third kappa shape index (κ3) is 3.66. The summed E-state index contributed by atoms with van der Waals surface area (Å²) in [6, 6.07) is 14.6. The molecule has 0 N–H and O–H groups in total. The molecule has 2 amide bonds. The first-order valence-corrected chi connectivity index (χ1v) is 10.3. The minimum atomic E-state index is -0.482. The molecule has 0 aromatic heterocycles. The standard InChI is InChI=1S/C23H25ClN2O2/c1-16-7-6-12-25(14-16)23(28)21-13-17-8-2-3-9-18(17)15-26(21)22(27)19-10-4-5-11-20(19)24/h2-5,8-11,16,21H,6-7,12-15H2,1H3. The molecule has 1 fully saturated rings. The highest BCUT2D eigenvalue weighted by Gasteiger charge is 2.38. The number of halogens is 1. The summed E-state index contributed by atoms with van der Waals surface area (Å²) in [5.41, 5.74) is 2.70. The molecule has 2 unspecified atom stereocenters. The molecule has 146 valence electrons. The number of likely N-dealkylation sites (tertiary alicyclic amines) is 1. The van der Waals surface area contributed by atoms with Crippen LogP contribution in [0.3, 0.4) is 0 Å². The first-order valence-electron chi connectivity index (χ1n) is 9.95. The highest BCUT2D eigenvalue weighted by molar-refractivity contribution is 6.33. The summed E-state index contributed by atoms with van der Waals surface area (Å²) >= 11 is 6.29. The first-order chi connectivity index (χ1) is 13.5. The summed E-state index contributed by atoms with van der Waals surface area (Å²) in [4.78, 5) is 30.5. The third-order valence-corrected chi connectivity index (χ3v) is 6.20. The zero-order valence-corrected chi connectivity index (χ0v) is 16.9. The maximum Gasteiger partial charge on any atom is 0.256 e. The van der Waals surface area contributed by atoms with Gasteiger partial charge in [0.1, 0.15) is 6.04 Å². The zero-order chi connectivity index (χ0) is 19.7. The van der Waals surface area contributed by atoms with Crippen LogP contribution in [0.25, 0.3) is 0 Å². The molecule has 0 bridgehead atoms. The molecule has 1 saturated heterocycles. The Morgan fingerprint density at radius 3 is 2.50 bits per heavy atom. The van der Waals surface area contributed by atoms with Gasteiger partial charge in [-0.2, -0.15) is 0 Å². The van der Waals surface area contributed by atoms with Crippen LogP contribution in [0.4, 0.5) is 0 Å². The van der Waals surface area contributed by atoms with E-state index in [0.717, 1.165) is 37.1 Å². The highest BCUT2D eigenvalue weighted by atomic mass is 35.5. The molecule has 0 spiro atoms. The second kappa shape index (κ2) is 7.96. The van der Waals surface area contributed by atoms with Crippen LogP contribution < -0.4 is 0 Å². The Hall–Kier alpha value is -2.33. The minimum Gasteiger partial charge on any atom is -0.341 e. The van der Waals surface area contributed by atoms with Crippen LogP contribution in [0.2, 0.25) is 5.02 Å². The van der Waals surface area contributed by atoms with Crippen molar-refractivity contribution in [2.24, 2.45) is 5.92 Å². The maximum absolute atomic E-state index is 13.4. The topological polar surface area (TPSA) is 40.6 Å². The molecular formula is C23H25ClN2O2. The molecular weight excluding hydrogens is 372 g/mol. The lowest BCUT2D eigenvalue weighted by molar-refractivity contribution is -0.138. The minimum absolute atomic E-state index is 0.0569. The fourth-order valence-electron chi connectivity index (χ4n) is 4.35. The molecule has 2 aromatic rings. The number of carbonyl (C=O) groups is 2. The third-order valence-electron chi connectivity index (χ3n) is 5.87. The van der Waals surface area contributed by atoms with E-state index in [1.807, 2.05) is 29.2 Å². The van der Waals surface area contributed by atoms with Gasteiger partial charge < -0.3 is 9.80 Å². The fourth-order valence-corrected chi connectivity index (χ4v) is 4.56. The SMILES string of the molecule is CC1CCCN(C(=O)C2Cc3ccccc3CN2C(=O)c2ccccc2Cl)C1.